The lowest BCUT2D eigenvalue weighted by atomic mass is 10.1. The van der Waals surface area contributed by atoms with Crippen LogP contribution in [-0.4, -0.2) is 35.4 Å². The van der Waals surface area contributed by atoms with Crippen molar-refractivity contribution in [3.63, 3.8) is 0 Å². The van der Waals surface area contributed by atoms with Crippen LogP contribution in [-0.2, 0) is 9.59 Å². The van der Waals surface area contributed by atoms with E-state index in [1.54, 1.807) is 25.1 Å². The summed E-state index contributed by atoms with van der Waals surface area (Å²) in [6.45, 7) is 2.98. The van der Waals surface area contributed by atoms with Crippen molar-refractivity contribution >= 4 is 23.3 Å². The van der Waals surface area contributed by atoms with E-state index in [-0.39, 0.29) is 12.4 Å². The molecule has 0 saturated carbocycles. The Kier molecular flexibility index (Phi) is 5.86. The Labute approximate surface area is 117 Å². The molecule has 108 valence electrons. The molecule has 0 saturated heterocycles. The third-order valence-electron chi connectivity index (χ3n) is 2.78. The molecule has 0 aliphatic rings. The van der Waals surface area contributed by atoms with Gasteiger partial charge in [0.25, 0.3) is 0 Å². The van der Waals surface area contributed by atoms with Crippen molar-refractivity contribution in [3.8, 4) is 0 Å². The maximum absolute atomic E-state index is 11.7. The molecule has 1 rings (SSSR count). The minimum absolute atomic E-state index is 0.128. The fourth-order valence-electron chi connectivity index (χ4n) is 1.53. The van der Waals surface area contributed by atoms with Gasteiger partial charge in [-0.3, -0.25) is 14.4 Å². The summed E-state index contributed by atoms with van der Waals surface area (Å²) in [4.78, 5) is 34.5. The van der Waals surface area contributed by atoms with Crippen molar-refractivity contribution in [1.29, 1.82) is 0 Å². The van der Waals surface area contributed by atoms with Gasteiger partial charge in [0.2, 0.25) is 0 Å². The fourth-order valence-corrected chi connectivity index (χ4v) is 1.53. The highest BCUT2D eigenvalue weighted by Crippen LogP contribution is 2.11. The number of ketones is 1. The Morgan fingerprint density at radius 2 is 1.95 bits per heavy atom. The Balaban J connectivity index is 2.68. The number of carbonyl (C=O) groups excluding carboxylic acids is 3. The maximum atomic E-state index is 11.7. The van der Waals surface area contributed by atoms with E-state index in [1.165, 1.54) is 13.0 Å². The zero-order valence-corrected chi connectivity index (χ0v) is 11.5. The van der Waals surface area contributed by atoms with Crippen LogP contribution in [0.3, 0.4) is 0 Å². The predicted octanol–water partition coefficient (Wildman–Crippen LogP) is 0.715. The Morgan fingerprint density at radius 3 is 2.50 bits per heavy atom. The molecule has 2 amide bonds. The molecule has 6 nitrogen and oxygen atoms in total. The first kappa shape index (κ1) is 15.8. The quantitative estimate of drug-likeness (QED) is 0.546. The van der Waals surface area contributed by atoms with Gasteiger partial charge in [0.1, 0.15) is 0 Å². The van der Waals surface area contributed by atoms with Crippen LogP contribution in [0.5, 0.6) is 0 Å². The normalized spacial score (nSPS) is 11.6. The number of anilines is 1. The summed E-state index contributed by atoms with van der Waals surface area (Å²) in [6.07, 6.45) is 0.523. The van der Waals surface area contributed by atoms with E-state index in [4.69, 9.17) is 5.11 Å². The standard InChI is InChI=1S/C14H18N2O4/c1-3-11(8-17)15-13(19)14(20)16-12-6-4-5-10(7-12)9(2)18/h4-7,11,17H,3,8H2,1-2H3,(H,15,19)(H,16,20). The first-order valence-corrected chi connectivity index (χ1v) is 6.31. The molecule has 1 unspecified atom stereocenters. The largest absolute Gasteiger partial charge is 0.394 e. The van der Waals surface area contributed by atoms with Gasteiger partial charge in [0.05, 0.1) is 12.6 Å². The van der Waals surface area contributed by atoms with Crippen molar-refractivity contribution in [2.45, 2.75) is 26.3 Å². The lowest BCUT2D eigenvalue weighted by Crippen LogP contribution is -2.43. The monoisotopic (exact) mass is 278 g/mol. The van der Waals surface area contributed by atoms with Crippen LogP contribution in [0.2, 0.25) is 0 Å². The lowest BCUT2D eigenvalue weighted by Gasteiger charge is -2.13. The number of Topliss-reactive ketones (excluding diaryl/α,β-unsaturated/α-hetero) is 1. The summed E-state index contributed by atoms with van der Waals surface area (Å²) in [5.74, 6) is -1.78. The number of aliphatic hydroxyl groups is 1. The van der Waals surface area contributed by atoms with Crippen LogP contribution < -0.4 is 10.6 Å². The molecular formula is C14H18N2O4. The average molecular weight is 278 g/mol. The zero-order chi connectivity index (χ0) is 15.1. The molecule has 20 heavy (non-hydrogen) atoms. The number of hydrogen-bond donors (Lipinski definition) is 3. The minimum atomic E-state index is -0.836. The van der Waals surface area contributed by atoms with Gasteiger partial charge >= 0.3 is 11.8 Å². The van der Waals surface area contributed by atoms with E-state index in [9.17, 15) is 14.4 Å². The van der Waals surface area contributed by atoms with Gasteiger partial charge in [-0.1, -0.05) is 19.1 Å². The third kappa shape index (κ3) is 4.47. The van der Waals surface area contributed by atoms with Crippen LogP contribution >= 0.6 is 0 Å². The van der Waals surface area contributed by atoms with E-state index in [1.807, 2.05) is 0 Å². The molecular weight excluding hydrogens is 260 g/mol. The summed E-state index contributed by atoms with van der Waals surface area (Å²) in [6, 6.07) is 5.87. The Morgan fingerprint density at radius 1 is 1.25 bits per heavy atom. The molecule has 0 radical (unpaired) electrons. The van der Waals surface area contributed by atoms with E-state index in [2.05, 4.69) is 10.6 Å². The molecule has 0 fully saturated rings. The highest BCUT2D eigenvalue weighted by atomic mass is 16.3. The van der Waals surface area contributed by atoms with Gasteiger partial charge < -0.3 is 15.7 Å². The van der Waals surface area contributed by atoms with Gasteiger partial charge in [0, 0.05) is 11.3 Å². The van der Waals surface area contributed by atoms with Gasteiger partial charge in [0.15, 0.2) is 5.78 Å². The molecule has 0 aromatic heterocycles. The second-order valence-electron chi connectivity index (χ2n) is 4.35. The number of aliphatic hydroxyl groups excluding tert-OH is 1. The molecule has 1 aromatic carbocycles. The summed E-state index contributed by atoms with van der Waals surface area (Å²) in [7, 11) is 0. The van der Waals surface area contributed by atoms with Crippen LogP contribution in [0.25, 0.3) is 0 Å². The Bertz CT molecular complexity index is 510. The second-order valence-corrected chi connectivity index (χ2v) is 4.35. The molecule has 1 atom stereocenters. The van der Waals surface area contributed by atoms with Crippen molar-refractivity contribution in [1.82, 2.24) is 5.32 Å². The summed E-state index contributed by atoms with van der Waals surface area (Å²) < 4.78 is 0. The summed E-state index contributed by atoms with van der Waals surface area (Å²) in [5, 5.41) is 13.8. The zero-order valence-electron chi connectivity index (χ0n) is 11.5. The predicted molar refractivity (Wildman–Crippen MR) is 74.4 cm³/mol. The lowest BCUT2D eigenvalue weighted by molar-refractivity contribution is -0.136. The number of amides is 2. The molecule has 0 aliphatic heterocycles. The van der Waals surface area contributed by atoms with Gasteiger partial charge in [-0.15, -0.1) is 0 Å². The molecule has 3 N–H and O–H groups in total. The number of hydrogen-bond acceptors (Lipinski definition) is 4. The van der Waals surface area contributed by atoms with Gasteiger partial charge in [-0.05, 0) is 25.5 Å². The minimum Gasteiger partial charge on any atom is -0.394 e. The highest BCUT2D eigenvalue weighted by molar-refractivity contribution is 6.39. The van der Waals surface area contributed by atoms with Gasteiger partial charge in [-0.2, -0.15) is 0 Å². The molecule has 0 aliphatic carbocycles. The molecule has 0 bridgehead atoms. The van der Waals surface area contributed by atoms with Crippen LogP contribution in [0.15, 0.2) is 24.3 Å². The smallest absolute Gasteiger partial charge is 0.313 e. The maximum Gasteiger partial charge on any atom is 0.313 e. The van der Waals surface area contributed by atoms with E-state index < -0.39 is 17.9 Å². The van der Waals surface area contributed by atoms with Crippen molar-refractivity contribution < 1.29 is 19.5 Å². The molecule has 0 spiro atoms. The van der Waals surface area contributed by atoms with Crippen molar-refractivity contribution in [3.05, 3.63) is 29.8 Å². The number of carbonyl (C=O) groups is 3. The fraction of sp³-hybridized carbons (Fsp3) is 0.357. The van der Waals surface area contributed by atoms with E-state index in [0.717, 1.165) is 0 Å². The van der Waals surface area contributed by atoms with Crippen molar-refractivity contribution in [2.75, 3.05) is 11.9 Å². The number of nitrogens with one attached hydrogen (secondary N) is 2. The molecule has 1 aromatic rings. The Hall–Kier alpha value is -2.21. The SMILES string of the molecule is CCC(CO)NC(=O)C(=O)Nc1cccc(C(C)=O)c1. The topological polar surface area (TPSA) is 95.5 Å². The van der Waals surface area contributed by atoms with Crippen LogP contribution in [0.1, 0.15) is 30.6 Å². The van der Waals surface area contributed by atoms with Crippen LogP contribution in [0.4, 0.5) is 5.69 Å². The first-order valence-electron chi connectivity index (χ1n) is 6.31. The second kappa shape index (κ2) is 7.40. The number of rotatable bonds is 5. The van der Waals surface area contributed by atoms with Crippen molar-refractivity contribution in [2.24, 2.45) is 0 Å². The number of benzene rings is 1. The summed E-state index contributed by atoms with van der Waals surface area (Å²) >= 11 is 0. The first-order chi connectivity index (χ1) is 9.47. The third-order valence-corrected chi connectivity index (χ3v) is 2.78. The molecule has 6 heteroatoms. The van der Waals surface area contributed by atoms with Gasteiger partial charge in [-0.25, -0.2) is 0 Å². The van der Waals surface area contributed by atoms with Crippen LogP contribution in [0, 0.1) is 0 Å². The highest BCUT2D eigenvalue weighted by Gasteiger charge is 2.17. The van der Waals surface area contributed by atoms with E-state index >= 15 is 0 Å². The molecule has 0 heterocycles. The average Bonchev–Trinajstić information content (AvgIpc) is 2.44. The summed E-state index contributed by atoms with van der Waals surface area (Å²) in [5.41, 5.74) is 0.819. The van der Waals surface area contributed by atoms with E-state index in [0.29, 0.717) is 17.7 Å².